The molecule has 0 aromatic rings. The summed E-state index contributed by atoms with van der Waals surface area (Å²) in [6.45, 7) is 18.5. The number of hydrogen-bond acceptors (Lipinski definition) is 6. The Labute approximate surface area is 216 Å². The van der Waals surface area contributed by atoms with Crippen LogP contribution < -0.4 is 0 Å². The Balaban J connectivity index is 3.37. The van der Waals surface area contributed by atoms with E-state index in [0.717, 1.165) is 64.2 Å². The zero-order valence-electron chi connectivity index (χ0n) is 23.5. The van der Waals surface area contributed by atoms with Gasteiger partial charge in [-0.25, -0.2) is 0 Å². The lowest BCUT2D eigenvalue weighted by atomic mass is 9.83. The monoisotopic (exact) mass is 500 g/mol. The molecule has 0 amide bonds. The van der Waals surface area contributed by atoms with Gasteiger partial charge in [0.2, 0.25) is 0 Å². The molecule has 6 nitrogen and oxygen atoms in total. The lowest BCUT2D eigenvalue weighted by Crippen LogP contribution is -2.67. The smallest absolute Gasteiger partial charge is 0.115 e. The summed E-state index contributed by atoms with van der Waals surface area (Å²) in [5, 5.41) is 0. The summed E-state index contributed by atoms with van der Waals surface area (Å²) in [7, 11) is 0. The molecule has 1 fully saturated rings. The molecule has 0 aromatic carbocycles. The van der Waals surface area contributed by atoms with E-state index in [-0.39, 0.29) is 36.6 Å². The highest BCUT2D eigenvalue weighted by atomic mass is 16.6. The summed E-state index contributed by atoms with van der Waals surface area (Å²) in [5.41, 5.74) is 0. The fourth-order valence-electron chi connectivity index (χ4n) is 4.26. The molecule has 1 saturated carbocycles. The first-order chi connectivity index (χ1) is 17.2. The number of rotatable bonds is 23. The first kappa shape index (κ1) is 32.5. The second-order valence-electron chi connectivity index (χ2n) is 9.53. The van der Waals surface area contributed by atoms with E-state index >= 15 is 0 Å². The lowest BCUT2D eigenvalue weighted by Gasteiger charge is -2.49. The highest BCUT2D eigenvalue weighted by Crippen LogP contribution is 2.34. The summed E-state index contributed by atoms with van der Waals surface area (Å²) in [4.78, 5) is 0. The Morgan fingerprint density at radius 2 is 0.657 bits per heavy atom. The summed E-state index contributed by atoms with van der Waals surface area (Å²) in [6, 6.07) is 0. The van der Waals surface area contributed by atoms with Gasteiger partial charge in [0.15, 0.2) is 0 Å². The quantitative estimate of drug-likeness (QED) is 0.118. The average molecular weight is 501 g/mol. The molecule has 0 heterocycles. The molecular formula is C29H56O6. The van der Waals surface area contributed by atoms with Crippen LogP contribution in [0.15, 0.2) is 12.7 Å². The van der Waals surface area contributed by atoms with Gasteiger partial charge in [-0.3, -0.25) is 0 Å². The van der Waals surface area contributed by atoms with Gasteiger partial charge < -0.3 is 28.4 Å². The first-order valence-electron chi connectivity index (χ1n) is 14.5. The first-order valence-corrected chi connectivity index (χ1v) is 14.5. The van der Waals surface area contributed by atoms with E-state index in [4.69, 9.17) is 28.4 Å². The van der Waals surface area contributed by atoms with Crippen LogP contribution in [0.3, 0.4) is 0 Å². The van der Waals surface area contributed by atoms with Crippen molar-refractivity contribution in [1.29, 1.82) is 0 Å². The predicted octanol–water partition coefficient (Wildman–Crippen LogP) is 6.50. The molecule has 0 aromatic heterocycles. The molecule has 0 N–H and O–H groups in total. The number of ether oxygens (including phenoxy) is 6. The summed E-state index contributed by atoms with van der Waals surface area (Å²) >= 11 is 0. The molecule has 0 bridgehead atoms. The van der Waals surface area contributed by atoms with Gasteiger partial charge in [-0.2, -0.15) is 0 Å². The van der Waals surface area contributed by atoms with Crippen molar-refractivity contribution in [2.75, 3.05) is 39.6 Å². The Hall–Kier alpha value is -0.500. The van der Waals surface area contributed by atoms with Gasteiger partial charge in [0, 0.05) is 33.0 Å². The van der Waals surface area contributed by atoms with E-state index in [1.54, 1.807) is 6.08 Å². The highest BCUT2D eigenvalue weighted by Gasteiger charge is 2.54. The van der Waals surface area contributed by atoms with E-state index in [0.29, 0.717) is 39.6 Å². The van der Waals surface area contributed by atoms with Gasteiger partial charge in [-0.05, 0) is 32.1 Å². The highest BCUT2D eigenvalue weighted by molar-refractivity contribution is 5.04. The van der Waals surface area contributed by atoms with Gasteiger partial charge in [0.25, 0.3) is 0 Å². The van der Waals surface area contributed by atoms with E-state index in [2.05, 4.69) is 41.2 Å². The minimum atomic E-state index is -0.314. The second kappa shape index (κ2) is 21.6. The van der Waals surface area contributed by atoms with E-state index in [1.165, 1.54) is 0 Å². The molecule has 0 saturated heterocycles. The van der Waals surface area contributed by atoms with Crippen molar-refractivity contribution in [2.45, 2.75) is 135 Å². The molecule has 208 valence electrons. The van der Waals surface area contributed by atoms with Crippen LogP contribution in [-0.4, -0.2) is 76.3 Å². The number of hydrogen-bond donors (Lipinski definition) is 0. The summed E-state index contributed by atoms with van der Waals surface area (Å²) in [5.74, 6) is 0. The van der Waals surface area contributed by atoms with Crippen LogP contribution in [0.5, 0.6) is 0 Å². The van der Waals surface area contributed by atoms with Crippen LogP contribution in [0.2, 0.25) is 0 Å². The van der Waals surface area contributed by atoms with Gasteiger partial charge in [0.05, 0.1) is 6.61 Å². The molecule has 0 aliphatic heterocycles. The SMILES string of the molecule is C=CCOC1[C@@H](OCCCC)[C@H](OCCCC)C(OCCCC)[C@H](OCCCC)[C@@H]1OCCCC. The van der Waals surface area contributed by atoms with Crippen molar-refractivity contribution in [2.24, 2.45) is 0 Å². The Bertz CT molecular complexity index is 456. The fourth-order valence-corrected chi connectivity index (χ4v) is 4.26. The summed E-state index contributed by atoms with van der Waals surface area (Å²) in [6.07, 6.45) is 10.4. The van der Waals surface area contributed by atoms with Crippen molar-refractivity contribution < 1.29 is 28.4 Å². The molecule has 1 aliphatic rings. The van der Waals surface area contributed by atoms with E-state index < -0.39 is 0 Å². The summed E-state index contributed by atoms with van der Waals surface area (Å²) < 4.78 is 39.1. The van der Waals surface area contributed by atoms with Crippen LogP contribution in [0.1, 0.15) is 98.8 Å². The molecule has 0 spiro atoms. The molecule has 35 heavy (non-hydrogen) atoms. The molecule has 0 radical (unpaired) electrons. The standard InChI is InChI=1S/C29H56O6/c1-7-13-19-31-25-24(30-18-12-6)26(32-20-14-8-2)28(34-22-16-10-4)29(35-23-17-11-5)27(25)33-21-15-9-3/h12,24-29H,6-11,13-23H2,1-5H3/t24?,25-,26-,27-,28+,29?/m1/s1. The maximum atomic E-state index is 6.55. The zero-order valence-corrected chi connectivity index (χ0v) is 23.5. The third-order valence-electron chi connectivity index (χ3n) is 6.39. The normalized spacial score (nSPS) is 26.8. The largest absolute Gasteiger partial charge is 0.373 e. The second-order valence-corrected chi connectivity index (χ2v) is 9.53. The minimum absolute atomic E-state index is 0.267. The maximum absolute atomic E-state index is 6.55. The molecular weight excluding hydrogens is 444 g/mol. The molecule has 6 heteroatoms. The van der Waals surface area contributed by atoms with Crippen molar-refractivity contribution in [3.63, 3.8) is 0 Å². The van der Waals surface area contributed by atoms with Gasteiger partial charge >= 0.3 is 0 Å². The van der Waals surface area contributed by atoms with Gasteiger partial charge in [-0.1, -0.05) is 72.8 Å². The van der Waals surface area contributed by atoms with Crippen LogP contribution in [0.4, 0.5) is 0 Å². The Kier molecular flexibility index (Phi) is 20.0. The average Bonchev–Trinajstić information content (AvgIpc) is 2.86. The van der Waals surface area contributed by atoms with Crippen LogP contribution in [-0.2, 0) is 28.4 Å². The van der Waals surface area contributed by atoms with E-state index in [1.807, 2.05) is 0 Å². The third kappa shape index (κ3) is 12.1. The fraction of sp³-hybridized carbons (Fsp3) is 0.931. The number of unbranched alkanes of at least 4 members (excludes halogenated alkanes) is 5. The van der Waals surface area contributed by atoms with Crippen LogP contribution in [0.25, 0.3) is 0 Å². The van der Waals surface area contributed by atoms with Crippen molar-refractivity contribution >= 4 is 0 Å². The van der Waals surface area contributed by atoms with Crippen molar-refractivity contribution in [3.05, 3.63) is 12.7 Å². The minimum Gasteiger partial charge on any atom is -0.373 e. The lowest BCUT2D eigenvalue weighted by molar-refractivity contribution is -0.280. The Morgan fingerprint density at radius 1 is 0.429 bits per heavy atom. The molecule has 2 unspecified atom stereocenters. The molecule has 6 atom stereocenters. The van der Waals surface area contributed by atoms with Gasteiger partial charge in [0.1, 0.15) is 36.6 Å². The van der Waals surface area contributed by atoms with Crippen LogP contribution >= 0.6 is 0 Å². The predicted molar refractivity (Wildman–Crippen MR) is 143 cm³/mol. The van der Waals surface area contributed by atoms with Gasteiger partial charge in [-0.15, -0.1) is 6.58 Å². The topological polar surface area (TPSA) is 55.4 Å². The zero-order chi connectivity index (χ0) is 25.7. The van der Waals surface area contributed by atoms with E-state index in [9.17, 15) is 0 Å². The van der Waals surface area contributed by atoms with Crippen molar-refractivity contribution in [1.82, 2.24) is 0 Å². The molecule has 1 rings (SSSR count). The third-order valence-corrected chi connectivity index (χ3v) is 6.39. The Morgan fingerprint density at radius 3 is 0.857 bits per heavy atom. The van der Waals surface area contributed by atoms with Crippen molar-refractivity contribution in [3.8, 4) is 0 Å². The maximum Gasteiger partial charge on any atom is 0.115 e. The van der Waals surface area contributed by atoms with Crippen LogP contribution in [0, 0.1) is 0 Å². The molecule has 1 aliphatic carbocycles.